The standard InChI is InChI=1S/C30H60O15/c1-3-33-6-7-35-10-11-37-14-15-39-18-19-41-22-23-43-26-27-45-29-28-44-25-24-42-21-20-40-17-16-38-13-12-36-9-8-34-5-4-30(31)32-2/h3-29H2,1-2H3. The summed E-state index contributed by atoms with van der Waals surface area (Å²) >= 11 is 0. The molecule has 0 aromatic rings. The van der Waals surface area contributed by atoms with Gasteiger partial charge in [-0.2, -0.15) is 0 Å². The Morgan fingerprint density at radius 1 is 0.311 bits per heavy atom. The van der Waals surface area contributed by atoms with E-state index in [1.165, 1.54) is 7.11 Å². The highest BCUT2D eigenvalue weighted by Crippen LogP contribution is 1.89. The SMILES string of the molecule is CCOCCOCCOCCOCCOCCOCCOCCOCCOCCOCCOCCOCCOCCC(=O)OC. The molecule has 0 radical (unpaired) electrons. The van der Waals surface area contributed by atoms with Crippen LogP contribution in [0.4, 0.5) is 0 Å². The molecule has 0 fully saturated rings. The van der Waals surface area contributed by atoms with E-state index in [9.17, 15) is 4.79 Å². The first-order valence-corrected chi connectivity index (χ1v) is 15.9. The molecule has 0 rings (SSSR count). The first-order valence-electron chi connectivity index (χ1n) is 15.9. The number of esters is 1. The molecule has 0 aromatic heterocycles. The quantitative estimate of drug-likeness (QED) is 0.0674. The third kappa shape index (κ3) is 40.9. The zero-order chi connectivity index (χ0) is 32.6. The van der Waals surface area contributed by atoms with Crippen LogP contribution in [0.1, 0.15) is 13.3 Å². The van der Waals surface area contributed by atoms with Gasteiger partial charge in [-0.3, -0.25) is 4.79 Å². The molecule has 0 amide bonds. The van der Waals surface area contributed by atoms with Gasteiger partial charge in [0.1, 0.15) is 0 Å². The number of carbonyl (C=O) groups excluding carboxylic acids is 1. The summed E-state index contributed by atoms with van der Waals surface area (Å²) in [5, 5.41) is 0. The van der Waals surface area contributed by atoms with Crippen molar-refractivity contribution in [2.24, 2.45) is 0 Å². The normalized spacial score (nSPS) is 11.4. The van der Waals surface area contributed by atoms with Crippen molar-refractivity contribution >= 4 is 5.97 Å². The van der Waals surface area contributed by atoms with E-state index < -0.39 is 0 Å². The molecule has 0 atom stereocenters. The van der Waals surface area contributed by atoms with Crippen LogP contribution in [-0.2, 0) is 71.1 Å². The topological polar surface area (TPSA) is 146 Å². The number of hydrogen-bond acceptors (Lipinski definition) is 15. The Labute approximate surface area is 269 Å². The third-order valence-electron chi connectivity index (χ3n) is 5.35. The Bertz CT molecular complexity index is 559. The molecule has 0 N–H and O–H groups in total. The number of hydrogen-bond donors (Lipinski definition) is 0. The van der Waals surface area contributed by atoms with E-state index in [0.29, 0.717) is 172 Å². The second kappa shape index (κ2) is 41.0. The largest absolute Gasteiger partial charge is 0.469 e. The second-order valence-corrected chi connectivity index (χ2v) is 8.87. The van der Waals surface area contributed by atoms with Gasteiger partial charge in [0.15, 0.2) is 0 Å². The van der Waals surface area contributed by atoms with E-state index in [1.54, 1.807) is 0 Å². The molecule has 0 saturated heterocycles. The predicted molar refractivity (Wildman–Crippen MR) is 163 cm³/mol. The van der Waals surface area contributed by atoms with Gasteiger partial charge in [-0.25, -0.2) is 0 Å². The van der Waals surface area contributed by atoms with Crippen LogP contribution in [0.15, 0.2) is 0 Å². The van der Waals surface area contributed by atoms with Gasteiger partial charge in [-0.15, -0.1) is 0 Å². The van der Waals surface area contributed by atoms with E-state index in [0.717, 1.165) is 0 Å². The van der Waals surface area contributed by atoms with Gasteiger partial charge >= 0.3 is 5.97 Å². The van der Waals surface area contributed by atoms with Crippen molar-refractivity contribution in [3.63, 3.8) is 0 Å². The van der Waals surface area contributed by atoms with E-state index in [2.05, 4.69) is 4.74 Å². The highest BCUT2D eigenvalue weighted by Gasteiger charge is 1.99. The Balaban J connectivity index is 3.05. The molecule has 15 nitrogen and oxygen atoms in total. The van der Waals surface area contributed by atoms with Crippen LogP contribution in [0.2, 0.25) is 0 Å². The summed E-state index contributed by atoms with van der Waals surface area (Å²) < 4.78 is 74.7. The van der Waals surface area contributed by atoms with Gasteiger partial charge in [0, 0.05) is 6.61 Å². The van der Waals surface area contributed by atoms with Gasteiger partial charge in [0.25, 0.3) is 0 Å². The summed E-state index contributed by atoms with van der Waals surface area (Å²) in [5.74, 6) is -0.286. The Morgan fingerprint density at radius 3 is 0.667 bits per heavy atom. The first kappa shape index (κ1) is 43.9. The maximum Gasteiger partial charge on any atom is 0.307 e. The number of methoxy groups -OCH3 is 1. The molecule has 0 aliphatic carbocycles. The average Bonchev–Trinajstić information content (AvgIpc) is 3.05. The van der Waals surface area contributed by atoms with Crippen LogP contribution in [0.5, 0.6) is 0 Å². The van der Waals surface area contributed by atoms with Gasteiger partial charge in [-0.1, -0.05) is 0 Å². The lowest BCUT2D eigenvalue weighted by molar-refractivity contribution is -0.141. The molecular formula is C30H60O15. The molecule has 0 bridgehead atoms. The monoisotopic (exact) mass is 660 g/mol. The Kier molecular flexibility index (Phi) is 40.0. The fraction of sp³-hybridized carbons (Fsp3) is 0.967. The van der Waals surface area contributed by atoms with Crippen LogP contribution in [0, 0.1) is 0 Å². The molecule has 0 unspecified atom stereocenters. The van der Waals surface area contributed by atoms with E-state index in [1.807, 2.05) is 6.92 Å². The minimum atomic E-state index is -0.286. The maximum absolute atomic E-state index is 10.9. The summed E-state index contributed by atoms with van der Waals surface area (Å²) in [4.78, 5) is 10.9. The number of rotatable bonds is 40. The number of carbonyl (C=O) groups is 1. The lowest BCUT2D eigenvalue weighted by Gasteiger charge is -2.09. The van der Waals surface area contributed by atoms with Crippen molar-refractivity contribution in [2.45, 2.75) is 13.3 Å². The molecule has 0 heterocycles. The molecule has 270 valence electrons. The van der Waals surface area contributed by atoms with Crippen molar-refractivity contribution in [1.82, 2.24) is 0 Å². The third-order valence-corrected chi connectivity index (χ3v) is 5.35. The van der Waals surface area contributed by atoms with Gasteiger partial charge in [0.2, 0.25) is 0 Å². The fourth-order valence-electron chi connectivity index (χ4n) is 3.04. The summed E-state index contributed by atoms with van der Waals surface area (Å²) in [6.45, 7) is 15.2. The van der Waals surface area contributed by atoms with Crippen LogP contribution in [0.25, 0.3) is 0 Å². The molecule has 0 spiro atoms. The molecule has 0 aromatic carbocycles. The van der Waals surface area contributed by atoms with Crippen molar-refractivity contribution in [3.8, 4) is 0 Å². The molecule has 15 heteroatoms. The molecule has 0 aliphatic rings. The summed E-state index contributed by atoms with van der Waals surface area (Å²) in [7, 11) is 1.35. The Hall–Kier alpha value is -1.05. The maximum atomic E-state index is 10.9. The van der Waals surface area contributed by atoms with Crippen LogP contribution >= 0.6 is 0 Å². The lowest BCUT2D eigenvalue weighted by Crippen LogP contribution is -2.15. The van der Waals surface area contributed by atoms with Crippen LogP contribution in [0.3, 0.4) is 0 Å². The average molecular weight is 661 g/mol. The zero-order valence-electron chi connectivity index (χ0n) is 27.7. The molecule has 0 saturated carbocycles. The second-order valence-electron chi connectivity index (χ2n) is 8.87. The highest BCUT2D eigenvalue weighted by atomic mass is 16.6. The number of ether oxygens (including phenoxy) is 14. The van der Waals surface area contributed by atoms with Crippen molar-refractivity contribution in [2.75, 3.05) is 179 Å². The smallest absolute Gasteiger partial charge is 0.307 e. The minimum Gasteiger partial charge on any atom is -0.469 e. The van der Waals surface area contributed by atoms with Gasteiger partial charge in [-0.05, 0) is 6.92 Å². The molecule has 45 heavy (non-hydrogen) atoms. The Morgan fingerprint density at radius 2 is 0.489 bits per heavy atom. The molecule has 0 aliphatic heterocycles. The van der Waals surface area contributed by atoms with E-state index >= 15 is 0 Å². The van der Waals surface area contributed by atoms with E-state index in [4.69, 9.17) is 61.6 Å². The summed E-state index contributed by atoms with van der Waals surface area (Å²) in [5.41, 5.74) is 0. The van der Waals surface area contributed by atoms with E-state index in [-0.39, 0.29) is 12.4 Å². The van der Waals surface area contributed by atoms with Gasteiger partial charge < -0.3 is 66.3 Å². The highest BCUT2D eigenvalue weighted by molar-refractivity contribution is 5.69. The predicted octanol–water partition coefficient (Wildman–Crippen LogP) is 0.785. The van der Waals surface area contributed by atoms with Crippen molar-refractivity contribution < 1.29 is 71.1 Å². The van der Waals surface area contributed by atoms with Crippen LogP contribution < -0.4 is 0 Å². The lowest BCUT2D eigenvalue weighted by atomic mass is 10.5. The first-order chi connectivity index (χ1) is 22.3. The summed E-state index contributed by atoms with van der Waals surface area (Å²) in [6, 6.07) is 0. The summed E-state index contributed by atoms with van der Waals surface area (Å²) in [6.07, 6.45) is 0.244. The van der Waals surface area contributed by atoms with Gasteiger partial charge in [0.05, 0.1) is 179 Å². The zero-order valence-corrected chi connectivity index (χ0v) is 27.7. The molecular weight excluding hydrogens is 600 g/mol. The van der Waals surface area contributed by atoms with Crippen molar-refractivity contribution in [3.05, 3.63) is 0 Å². The fourth-order valence-corrected chi connectivity index (χ4v) is 3.04. The minimum absolute atomic E-state index is 0.244. The van der Waals surface area contributed by atoms with Crippen molar-refractivity contribution in [1.29, 1.82) is 0 Å². The van der Waals surface area contributed by atoms with Crippen LogP contribution in [-0.4, -0.2) is 185 Å².